The van der Waals surface area contributed by atoms with Crippen LogP contribution < -0.4 is 10.1 Å². The number of aromatic nitrogens is 2. The lowest BCUT2D eigenvalue weighted by Crippen LogP contribution is -2.21. The molecule has 0 bridgehead atoms. The first-order valence-corrected chi connectivity index (χ1v) is 7.61. The minimum atomic E-state index is 0.551. The standard InChI is InChI=1S/C17H25N3O/c1-4-20-13-19-11-16(20)12-21-17-9-7-15(8-10-17)6-5-14(2)18-3/h7-11,13-14,18H,4-6,12H2,1-3H3. The molecule has 0 saturated heterocycles. The fourth-order valence-electron chi connectivity index (χ4n) is 2.19. The number of rotatable bonds is 8. The highest BCUT2D eigenvalue weighted by atomic mass is 16.5. The van der Waals surface area contributed by atoms with Crippen molar-refractivity contribution in [2.24, 2.45) is 0 Å². The molecule has 0 aliphatic carbocycles. The van der Waals surface area contributed by atoms with Gasteiger partial charge in [0.1, 0.15) is 12.4 Å². The van der Waals surface area contributed by atoms with Crippen LogP contribution in [0, 0.1) is 0 Å². The summed E-state index contributed by atoms with van der Waals surface area (Å²) in [5, 5.41) is 3.26. The number of ether oxygens (including phenoxy) is 1. The fraction of sp³-hybridized carbons (Fsp3) is 0.471. The second-order valence-corrected chi connectivity index (χ2v) is 5.33. The summed E-state index contributed by atoms with van der Waals surface area (Å²) in [6, 6.07) is 8.94. The monoisotopic (exact) mass is 287 g/mol. The normalized spacial score (nSPS) is 12.3. The van der Waals surface area contributed by atoms with Crippen molar-refractivity contribution in [1.82, 2.24) is 14.9 Å². The first-order chi connectivity index (χ1) is 10.2. The highest BCUT2D eigenvalue weighted by Gasteiger charge is 2.03. The molecule has 114 valence electrons. The van der Waals surface area contributed by atoms with Gasteiger partial charge in [-0.15, -0.1) is 0 Å². The van der Waals surface area contributed by atoms with E-state index in [0.717, 1.165) is 30.8 Å². The second-order valence-electron chi connectivity index (χ2n) is 5.33. The van der Waals surface area contributed by atoms with Crippen LogP contribution in [0.1, 0.15) is 31.5 Å². The van der Waals surface area contributed by atoms with Crippen molar-refractivity contribution in [2.75, 3.05) is 7.05 Å². The summed E-state index contributed by atoms with van der Waals surface area (Å²) in [7, 11) is 2.00. The number of nitrogens with one attached hydrogen (secondary N) is 1. The summed E-state index contributed by atoms with van der Waals surface area (Å²) in [5.41, 5.74) is 2.45. The third kappa shape index (κ3) is 4.60. The van der Waals surface area contributed by atoms with Gasteiger partial charge in [-0.3, -0.25) is 0 Å². The number of hydrogen-bond acceptors (Lipinski definition) is 3. The number of nitrogens with zero attached hydrogens (tertiary/aromatic N) is 2. The first-order valence-electron chi connectivity index (χ1n) is 7.61. The molecule has 0 spiro atoms. The van der Waals surface area contributed by atoms with Gasteiger partial charge in [-0.05, 0) is 51.4 Å². The van der Waals surface area contributed by atoms with Gasteiger partial charge in [0.2, 0.25) is 0 Å². The molecule has 1 heterocycles. The first kappa shape index (κ1) is 15.6. The molecule has 1 unspecified atom stereocenters. The molecule has 4 nitrogen and oxygen atoms in total. The lowest BCUT2D eigenvalue weighted by molar-refractivity contribution is 0.295. The average Bonchev–Trinajstić information content (AvgIpc) is 2.99. The van der Waals surface area contributed by atoms with E-state index in [1.807, 2.05) is 31.7 Å². The molecular formula is C17H25N3O. The van der Waals surface area contributed by atoms with Gasteiger partial charge < -0.3 is 14.6 Å². The second kappa shape index (κ2) is 7.84. The Balaban J connectivity index is 1.85. The van der Waals surface area contributed by atoms with E-state index in [4.69, 9.17) is 4.74 Å². The van der Waals surface area contributed by atoms with Gasteiger partial charge in [-0.1, -0.05) is 12.1 Å². The molecule has 2 rings (SSSR count). The minimum absolute atomic E-state index is 0.551. The summed E-state index contributed by atoms with van der Waals surface area (Å²) in [6.45, 7) is 5.78. The maximum Gasteiger partial charge on any atom is 0.130 e. The zero-order valence-corrected chi connectivity index (χ0v) is 13.2. The Kier molecular flexibility index (Phi) is 5.81. The van der Waals surface area contributed by atoms with Crippen LogP contribution in [0.2, 0.25) is 0 Å². The van der Waals surface area contributed by atoms with Crippen LogP contribution in [0.4, 0.5) is 0 Å². The van der Waals surface area contributed by atoms with Crippen LogP contribution in [-0.4, -0.2) is 22.6 Å². The Morgan fingerprint density at radius 3 is 2.71 bits per heavy atom. The molecule has 0 fully saturated rings. The van der Waals surface area contributed by atoms with E-state index >= 15 is 0 Å². The van der Waals surface area contributed by atoms with E-state index in [9.17, 15) is 0 Å². The van der Waals surface area contributed by atoms with Gasteiger partial charge in [0.25, 0.3) is 0 Å². The molecule has 0 saturated carbocycles. The van der Waals surface area contributed by atoms with Crippen molar-refractivity contribution in [3.8, 4) is 5.75 Å². The smallest absolute Gasteiger partial charge is 0.130 e. The van der Waals surface area contributed by atoms with E-state index < -0.39 is 0 Å². The van der Waals surface area contributed by atoms with Crippen LogP contribution in [0.3, 0.4) is 0 Å². The molecule has 1 atom stereocenters. The maximum atomic E-state index is 5.82. The fourth-order valence-corrected chi connectivity index (χ4v) is 2.19. The SMILES string of the molecule is CCn1cncc1COc1ccc(CCC(C)NC)cc1. The maximum absolute atomic E-state index is 5.82. The Morgan fingerprint density at radius 2 is 2.05 bits per heavy atom. The number of imidazole rings is 1. The van der Waals surface area contributed by atoms with Crippen molar-refractivity contribution >= 4 is 0 Å². The molecule has 21 heavy (non-hydrogen) atoms. The highest BCUT2D eigenvalue weighted by Crippen LogP contribution is 2.15. The Bertz CT molecular complexity index is 533. The van der Waals surface area contributed by atoms with Crippen molar-refractivity contribution in [1.29, 1.82) is 0 Å². The lowest BCUT2D eigenvalue weighted by Gasteiger charge is -2.11. The largest absolute Gasteiger partial charge is 0.487 e. The molecule has 2 aromatic rings. The van der Waals surface area contributed by atoms with E-state index in [-0.39, 0.29) is 0 Å². The summed E-state index contributed by atoms with van der Waals surface area (Å²) in [4.78, 5) is 4.15. The summed E-state index contributed by atoms with van der Waals surface area (Å²) < 4.78 is 7.91. The molecule has 0 aliphatic heterocycles. The summed E-state index contributed by atoms with van der Waals surface area (Å²) in [5.74, 6) is 0.907. The Labute approximate surface area is 127 Å². The van der Waals surface area contributed by atoms with E-state index in [0.29, 0.717) is 12.6 Å². The van der Waals surface area contributed by atoms with Gasteiger partial charge in [0, 0.05) is 12.6 Å². The lowest BCUT2D eigenvalue weighted by atomic mass is 10.1. The van der Waals surface area contributed by atoms with Crippen LogP contribution in [0.5, 0.6) is 5.75 Å². The van der Waals surface area contributed by atoms with E-state index in [1.165, 1.54) is 5.56 Å². The van der Waals surface area contributed by atoms with Crippen molar-refractivity contribution < 1.29 is 4.74 Å². The van der Waals surface area contributed by atoms with Crippen LogP contribution >= 0.6 is 0 Å². The van der Waals surface area contributed by atoms with Gasteiger partial charge in [-0.25, -0.2) is 4.98 Å². The summed E-state index contributed by atoms with van der Waals surface area (Å²) >= 11 is 0. The van der Waals surface area contributed by atoms with Gasteiger partial charge in [-0.2, -0.15) is 0 Å². The Morgan fingerprint density at radius 1 is 1.29 bits per heavy atom. The average molecular weight is 287 g/mol. The van der Waals surface area contributed by atoms with Crippen molar-refractivity contribution in [3.05, 3.63) is 48.0 Å². The van der Waals surface area contributed by atoms with E-state index in [1.54, 1.807) is 0 Å². The van der Waals surface area contributed by atoms with Gasteiger partial charge in [0.15, 0.2) is 0 Å². The predicted octanol–water partition coefficient (Wildman–Crippen LogP) is 3.02. The highest BCUT2D eigenvalue weighted by molar-refractivity contribution is 5.27. The number of benzene rings is 1. The molecule has 0 radical (unpaired) electrons. The van der Waals surface area contributed by atoms with Gasteiger partial charge >= 0.3 is 0 Å². The summed E-state index contributed by atoms with van der Waals surface area (Å²) in [6.07, 6.45) is 5.93. The molecule has 0 aliphatic rings. The van der Waals surface area contributed by atoms with Crippen molar-refractivity contribution in [2.45, 2.75) is 45.9 Å². The van der Waals surface area contributed by atoms with Crippen LogP contribution in [-0.2, 0) is 19.6 Å². The predicted molar refractivity (Wildman–Crippen MR) is 85.5 cm³/mol. The zero-order valence-electron chi connectivity index (χ0n) is 13.2. The molecular weight excluding hydrogens is 262 g/mol. The zero-order chi connectivity index (χ0) is 15.1. The topological polar surface area (TPSA) is 39.1 Å². The van der Waals surface area contributed by atoms with Crippen LogP contribution in [0.15, 0.2) is 36.8 Å². The number of aryl methyl sites for hydroxylation is 2. The number of hydrogen-bond donors (Lipinski definition) is 1. The third-order valence-corrected chi connectivity index (χ3v) is 3.81. The van der Waals surface area contributed by atoms with Crippen LogP contribution in [0.25, 0.3) is 0 Å². The van der Waals surface area contributed by atoms with Crippen molar-refractivity contribution in [3.63, 3.8) is 0 Å². The minimum Gasteiger partial charge on any atom is -0.487 e. The molecule has 1 N–H and O–H groups in total. The quantitative estimate of drug-likeness (QED) is 0.811. The van der Waals surface area contributed by atoms with E-state index in [2.05, 4.69) is 40.8 Å². The Hall–Kier alpha value is -1.81. The molecule has 4 heteroatoms. The molecule has 1 aromatic heterocycles. The third-order valence-electron chi connectivity index (χ3n) is 3.81. The molecule has 0 amide bonds. The van der Waals surface area contributed by atoms with Gasteiger partial charge in [0.05, 0.1) is 18.2 Å². The molecule has 1 aromatic carbocycles.